The molecule has 2 heterocycles. The summed E-state index contributed by atoms with van der Waals surface area (Å²) in [7, 11) is 1.55. The fourth-order valence-electron chi connectivity index (χ4n) is 7.40. The van der Waals surface area contributed by atoms with Gasteiger partial charge in [-0.05, 0) is 75.6 Å². The normalized spacial score (nSPS) is 25.8. The van der Waals surface area contributed by atoms with E-state index in [0.717, 1.165) is 30.4 Å². The Morgan fingerprint density at radius 1 is 1.02 bits per heavy atom. The highest BCUT2D eigenvalue weighted by molar-refractivity contribution is 5.98. The highest BCUT2D eigenvalue weighted by Gasteiger charge is 2.45. The Morgan fingerprint density at radius 2 is 1.78 bits per heavy atom. The zero-order chi connectivity index (χ0) is 38.4. The van der Waals surface area contributed by atoms with E-state index in [-0.39, 0.29) is 32.5 Å². The van der Waals surface area contributed by atoms with Crippen LogP contribution in [0.15, 0.2) is 72.3 Å². The number of aliphatic hydroxyl groups excluding tert-OH is 1. The maximum atomic E-state index is 14.3. The maximum Gasteiger partial charge on any atom is 0.339 e. The highest BCUT2D eigenvalue weighted by Crippen LogP contribution is 2.40. The summed E-state index contributed by atoms with van der Waals surface area (Å²) in [6, 6.07) is 14.9. The van der Waals surface area contributed by atoms with Crippen molar-refractivity contribution in [3.63, 3.8) is 0 Å². The fraction of sp³-hybridized carbons (Fsp3) is 0.524. The number of likely N-dealkylation sites (N-methyl/N-ethyl adjacent to an activating group) is 1. The van der Waals surface area contributed by atoms with E-state index in [9.17, 15) is 24.3 Å². The van der Waals surface area contributed by atoms with Gasteiger partial charge in [0.25, 0.3) is 0 Å². The van der Waals surface area contributed by atoms with E-state index in [1.165, 1.54) is 4.90 Å². The standard InChI is InChI=1S/C42H52N2O10/c1-42(2,3)54-37(46)19-17-30(24-45)43-39(47)32(20-26-10-6-5-7-11-26)44(4)40(48)29-22-35-38(51-25-50-35)36(23-29)53-41(49)31-13-9-8-12-28(31)16-14-27-15-18-33-34(21-27)52-33/h5-14,16,22,27,30,32-36,38,45H,15,17-21,23-25H2,1-4H3,(H,43,47). The Balaban J connectivity index is 1.15. The van der Waals surface area contributed by atoms with E-state index in [0.29, 0.717) is 29.3 Å². The molecule has 6 rings (SSSR count). The van der Waals surface area contributed by atoms with Crippen molar-refractivity contribution in [1.82, 2.24) is 10.2 Å². The summed E-state index contributed by atoms with van der Waals surface area (Å²) in [5.41, 5.74) is 1.63. The predicted molar refractivity (Wildman–Crippen MR) is 199 cm³/mol. The van der Waals surface area contributed by atoms with E-state index < -0.39 is 66.4 Å². The summed E-state index contributed by atoms with van der Waals surface area (Å²) in [6.07, 6.45) is 7.99. The number of hydrogen-bond donors (Lipinski definition) is 2. The first-order chi connectivity index (χ1) is 25.9. The van der Waals surface area contributed by atoms with Gasteiger partial charge in [-0.3, -0.25) is 14.4 Å². The molecule has 2 N–H and O–H groups in total. The highest BCUT2D eigenvalue weighted by atomic mass is 16.7. The molecule has 2 amide bonds. The molecule has 2 saturated heterocycles. The van der Waals surface area contributed by atoms with Gasteiger partial charge in [-0.1, -0.05) is 60.7 Å². The van der Waals surface area contributed by atoms with Crippen LogP contribution < -0.4 is 5.32 Å². The molecular formula is C42H52N2O10. The first-order valence-corrected chi connectivity index (χ1v) is 18.9. The number of amides is 2. The van der Waals surface area contributed by atoms with Crippen molar-refractivity contribution in [3.05, 3.63) is 89.0 Å². The minimum Gasteiger partial charge on any atom is -0.460 e. The molecule has 4 aliphatic rings. The van der Waals surface area contributed by atoms with Gasteiger partial charge in [0.05, 0.1) is 30.4 Å². The number of esters is 2. The Morgan fingerprint density at radius 3 is 2.52 bits per heavy atom. The van der Waals surface area contributed by atoms with E-state index >= 15 is 0 Å². The van der Waals surface area contributed by atoms with Crippen LogP contribution in [0.2, 0.25) is 0 Å². The fourth-order valence-corrected chi connectivity index (χ4v) is 7.40. The van der Waals surface area contributed by atoms with Crippen LogP contribution in [0.5, 0.6) is 0 Å². The van der Waals surface area contributed by atoms with Crippen LogP contribution in [0, 0.1) is 5.92 Å². The second-order valence-electron chi connectivity index (χ2n) is 15.6. The van der Waals surface area contributed by atoms with Crippen LogP contribution >= 0.6 is 0 Å². The number of ether oxygens (including phenoxy) is 5. The van der Waals surface area contributed by atoms with Gasteiger partial charge >= 0.3 is 11.9 Å². The maximum absolute atomic E-state index is 14.3. The second kappa shape index (κ2) is 17.4. The van der Waals surface area contributed by atoms with Crippen molar-refractivity contribution in [2.45, 2.75) is 114 Å². The van der Waals surface area contributed by atoms with Crippen LogP contribution in [-0.2, 0) is 44.5 Å². The molecule has 2 aliphatic carbocycles. The van der Waals surface area contributed by atoms with Gasteiger partial charge in [0.1, 0.15) is 36.7 Å². The smallest absolute Gasteiger partial charge is 0.339 e. The molecule has 12 heteroatoms. The molecular weight excluding hydrogens is 692 g/mol. The van der Waals surface area contributed by atoms with Crippen LogP contribution in [0.4, 0.5) is 0 Å². The number of nitrogens with zero attached hydrogens (tertiary/aromatic N) is 1. The van der Waals surface area contributed by atoms with Crippen molar-refractivity contribution in [1.29, 1.82) is 0 Å². The van der Waals surface area contributed by atoms with E-state index in [4.69, 9.17) is 23.7 Å². The number of fused-ring (bicyclic) bond motifs is 2. The summed E-state index contributed by atoms with van der Waals surface area (Å²) in [5.74, 6) is -1.51. The third-order valence-electron chi connectivity index (χ3n) is 10.4. The molecule has 290 valence electrons. The lowest BCUT2D eigenvalue weighted by Crippen LogP contribution is -2.53. The Labute approximate surface area is 316 Å². The first kappa shape index (κ1) is 39.3. The van der Waals surface area contributed by atoms with Crippen molar-refractivity contribution in [2.24, 2.45) is 5.92 Å². The minimum atomic E-state index is -0.976. The molecule has 8 unspecified atom stereocenters. The van der Waals surface area contributed by atoms with Crippen molar-refractivity contribution < 1.29 is 48.0 Å². The molecule has 0 bridgehead atoms. The molecule has 0 aromatic heterocycles. The molecule has 2 aromatic rings. The third kappa shape index (κ3) is 10.2. The number of carbonyl (C=O) groups excluding carboxylic acids is 4. The largest absolute Gasteiger partial charge is 0.460 e. The zero-order valence-electron chi connectivity index (χ0n) is 31.5. The number of rotatable bonds is 14. The Bertz CT molecular complexity index is 1720. The number of carbonyl (C=O) groups is 4. The van der Waals surface area contributed by atoms with Crippen LogP contribution in [-0.4, -0.2) is 102 Å². The summed E-state index contributed by atoms with van der Waals surface area (Å²) < 4.78 is 28.8. The van der Waals surface area contributed by atoms with Gasteiger partial charge in [0.2, 0.25) is 11.8 Å². The lowest BCUT2D eigenvalue weighted by molar-refractivity contribution is -0.155. The monoisotopic (exact) mass is 744 g/mol. The topological polar surface area (TPSA) is 153 Å². The van der Waals surface area contributed by atoms with Crippen LogP contribution in [0.25, 0.3) is 6.08 Å². The Hall–Kier alpha value is -4.36. The average molecular weight is 745 g/mol. The number of benzene rings is 2. The molecule has 12 nitrogen and oxygen atoms in total. The van der Waals surface area contributed by atoms with E-state index in [1.807, 2.05) is 48.5 Å². The number of allylic oxidation sites excluding steroid dienone is 1. The lowest BCUT2D eigenvalue weighted by atomic mass is 9.88. The summed E-state index contributed by atoms with van der Waals surface area (Å²) >= 11 is 0. The predicted octanol–water partition coefficient (Wildman–Crippen LogP) is 4.53. The summed E-state index contributed by atoms with van der Waals surface area (Å²) in [5, 5.41) is 12.9. The SMILES string of the molecule is CN(C(=O)C1=CC2OCOC2C(OC(=O)c2ccccc2C=CC2CCC3OC3C2)C1)C(Cc1ccccc1)C(=O)NC(CO)CCC(=O)OC(C)(C)C. The van der Waals surface area contributed by atoms with Gasteiger partial charge in [0, 0.05) is 31.9 Å². The molecule has 1 saturated carbocycles. The van der Waals surface area contributed by atoms with E-state index in [2.05, 4.69) is 11.4 Å². The van der Waals surface area contributed by atoms with Crippen LogP contribution in [0.1, 0.15) is 80.8 Å². The summed E-state index contributed by atoms with van der Waals surface area (Å²) in [4.78, 5) is 55.6. The van der Waals surface area contributed by atoms with Gasteiger partial charge < -0.3 is 39.0 Å². The number of nitrogens with one attached hydrogen (secondary N) is 1. The first-order valence-electron chi connectivity index (χ1n) is 18.9. The Kier molecular flexibility index (Phi) is 12.7. The van der Waals surface area contributed by atoms with E-state index in [1.54, 1.807) is 46.0 Å². The molecule has 0 radical (unpaired) electrons. The number of aliphatic hydroxyl groups is 1. The zero-order valence-corrected chi connectivity index (χ0v) is 31.5. The minimum absolute atomic E-state index is 0.00394. The molecule has 3 fully saturated rings. The lowest BCUT2D eigenvalue weighted by Gasteiger charge is -2.34. The summed E-state index contributed by atoms with van der Waals surface area (Å²) in [6.45, 7) is 4.88. The quantitative estimate of drug-likeness (QED) is 0.209. The van der Waals surface area contributed by atoms with Gasteiger partial charge in [-0.2, -0.15) is 0 Å². The second-order valence-corrected chi connectivity index (χ2v) is 15.6. The van der Waals surface area contributed by atoms with Gasteiger partial charge in [0.15, 0.2) is 0 Å². The molecule has 2 aromatic carbocycles. The third-order valence-corrected chi connectivity index (χ3v) is 10.4. The van der Waals surface area contributed by atoms with Crippen molar-refractivity contribution in [2.75, 3.05) is 20.4 Å². The van der Waals surface area contributed by atoms with Gasteiger partial charge in [-0.25, -0.2) is 4.79 Å². The number of hydrogen-bond acceptors (Lipinski definition) is 10. The van der Waals surface area contributed by atoms with Gasteiger partial charge in [-0.15, -0.1) is 0 Å². The average Bonchev–Trinajstić information content (AvgIpc) is 3.77. The molecule has 8 atom stereocenters. The number of epoxide rings is 1. The van der Waals surface area contributed by atoms with Crippen LogP contribution in [0.3, 0.4) is 0 Å². The molecule has 0 spiro atoms. The molecule has 2 aliphatic heterocycles. The van der Waals surface area contributed by atoms with Crippen molar-refractivity contribution >= 4 is 29.8 Å². The molecule has 54 heavy (non-hydrogen) atoms. The van der Waals surface area contributed by atoms with Crippen molar-refractivity contribution in [3.8, 4) is 0 Å².